The van der Waals surface area contributed by atoms with E-state index < -0.39 is 0 Å². The Hall–Kier alpha value is -0.990. The van der Waals surface area contributed by atoms with E-state index in [4.69, 9.17) is 4.74 Å². The minimum atomic E-state index is 0. The van der Waals surface area contributed by atoms with Crippen molar-refractivity contribution in [1.82, 2.24) is 4.90 Å². The van der Waals surface area contributed by atoms with Crippen LogP contribution in [-0.2, 0) is 13.0 Å². The second-order valence-corrected chi connectivity index (χ2v) is 6.56. The number of hydrogen-bond donors (Lipinski definition) is 0. The van der Waals surface area contributed by atoms with Crippen molar-refractivity contribution < 1.29 is 4.74 Å². The molecule has 2 nitrogen and oxygen atoms in total. The molecule has 3 heteroatoms. The van der Waals surface area contributed by atoms with Crippen molar-refractivity contribution >= 4 is 12.4 Å². The standard InChI is InChI=1S/C19H27NO.ClH/c1-20(12-5-8-16-6-3-2-4-7-16)15-17-9-10-19-18(14-17)11-13-21-19;/h5,8-10,14,16H,2-4,6-7,11-13,15H2,1H3;1H/b8-5+;. The molecule has 1 heterocycles. The number of rotatable bonds is 5. The summed E-state index contributed by atoms with van der Waals surface area (Å²) in [7, 11) is 2.20. The van der Waals surface area contributed by atoms with E-state index in [-0.39, 0.29) is 12.4 Å². The monoisotopic (exact) mass is 321 g/mol. The van der Waals surface area contributed by atoms with Gasteiger partial charge < -0.3 is 4.74 Å². The van der Waals surface area contributed by atoms with Gasteiger partial charge in [0, 0.05) is 19.5 Å². The summed E-state index contributed by atoms with van der Waals surface area (Å²) in [5, 5.41) is 0. The van der Waals surface area contributed by atoms with Crippen molar-refractivity contribution in [2.45, 2.75) is 45.1 Å². The van der Waals surface area contributed by atoms with Gasteiger partial charge in [-0.3, -0.25) is 4.90 Å². The van der Waals surface area contributed by atoms with Gasteiger partial charge in [-0.25, -0.2) is 0 Å². The van der Waals surface area contributed by atoms with Crippen LogP contribution in [0.1, 0.15) is 43.2 Å². The fourth-order valence-electron chi connectivity index (χ4n) is 3.47. The molecule has 0 N–H and O–H groups in total. The molecule has 1 fully saturated rings. The maximum absolute atomic E-state index is 5.57. The van der Waals surface area contributed by atoms with Gasteiger partial charge in [0.25, 0.3) is 0 Å². The smallest absolute Gasteiger partial charge is 0.122 e. The lowest BCUT2D eigenvalue weighted by Gasteiger charge is -2.19. The van der Waals surface area contributed by atoms with E-state index in [1.165, 1.54) is 43.2 Å². The van der Waals surface area contributed by atoms with Gasteiger partial charge in [0.1, 0.15) is 5.75 Å². The van der Waals surface area contributed by atoms with Gasteiger partial charge in [0.05, 0.1) is 6.61 Å². The van der Waals surface area contributed by atoms with Crippen LogP contribution in [-0.4, -0.2) is 25.1 Å². The van der Waals surface area contributed by atoms with Gasteiger partial charge in [-0.2, -0.15) is 0 Å². The van der Waals surface area contributed by atoms with Crippen molar-refractivity contribution in [3.8, 4) is 5.75 Å². The molecule has 0 saturated heterocycles. The normalized spacial score (nSPS) is 18.3. The number of benzene rings is 1. The molecule has 1 aliphatic heterocycles. The second-order valence-electron chi connectivity index (χ2n) is 6.56. The van der Waals surface area contributed by atoms with E-state index in [0.29, 0.717) is 0 Å². The Morgan fingerprint density at radius 1 is 1.23 bits per heavy atom. The summed E-state index contributed by atoms with van der Waals surface area (Å²) in [5.41, 5.74) is 2.77. The molecule has 1 aromatic carbocycles. The fraction of sp³-hybridized carbons (Fsp3) is 0.579. The molecule has 0 bridgehead atoms. The van der Waals surface area contributed by atoms with E-state index in [1.807, 2.05) is 0 Å². The van der Waals surface area contributed by atoms with E-state index >= 15 is 0 Å². The molecule has 0 unspecified atom stereocenters. The Labute approximate surface area is 141 Å². The third-order valence-electron chi connectivity index (χ3n) is 4.68. The van der Waals surface area contributed by atoms with Gasteiger partial charge in [-0.05, 0) is 43.0 Å². The molecular weight excluding hydrogens is 294 g/mol. The molecule has 22 heavy (non-hydrogen) atoms. The predicted octanol–water partition coefficient (Wildman–Crippen LogP) is 4.61. The van der Waals surface area contributed by atoms with Crippen LogP contribution < -0.4 is 4.74 Å². The van der Waals surface area contributed by atoms with Gasteiger partial charge >= 0.3 is 0 Å². The Bertz CT molecular complexity index is 494. The number of nitrogens with zero attached hydrogens (tertiary/aromatic N) is 1. The molecule has 0 aromatic heterocycles. The zero-order chi connectivity index (χ0) is 14.5. The molecule has 3 rings (SSSR count). The molecule has 0 amide bonds. The van der Waals surface area contributed by atoms with E-state index in [1.54, 1.807) is 0 Å². The zero-order valence-corrected chi connectivity index (χ0v) is 14.4. The fourth-order valence-corrected chi connectivity index (χ4v) is 3.47. The van der Waals surface area contributed by atoms with Crippen molar-refractivity contribution in [2.24, 2.45) is 5.92 Å². The highest BCUT2D eigenvalue weighted by atomic mass is 35.5. The molecule has 1 saturated carbocycles. The van der Waals surface area contributed by atoms with Gasteiger partial charge in [-0.15, -0.1) is 12.4 Å². The van der Waals surface area contributed by atoms with Gasteiger partial charge in [0.2, 0.25) is 0 Å². The number of likely N-dealkylation sites (N-methyl/N-ethyl adjacent to an activating group) is 1. The van der Waals surface area contributed by atoms with Crippen LogP contribution in [0.15, 0.2) is 30.4 Å². The Morgan fingerprint density at radius 2 is 2.05 bits per heavy atom. The lowest BCUT2D eigenvalue weighted by Crippen LogP contribution is -2.18. The van der Waals surface area contributed by atoms with Crippen LogP contribution >= 0.6 is 12.4 Å². The van der Waals surface area contributed by atoms with E-state index in [0.717, 1.165) is 37.8 Å². The lowest BCUT2D eigenvalue weighted by atomic mass is 9.89. The van der Waals surface area contributed by atoms with Crippen LogP contribution in [0.4, 0.5) is 0 Å². The third kappa shape index (κ3) is 4.76. The highest BCUT2D eigenvalue weighted by Gasteiger charge is 2.12. The molecular formula is C19H28ClNO. The van der Waals surface area contributed by atoms with Crippen molar-refractivity contribution in [1.29, 1.82) is 0 Å². The maximum Gasteiger partial charge on any atom is 0.122 e. The zero-order valence-electron chi connectivity index (χ0n) is 13.6. The van der Waals surface area contributed by atoms with Crippen LogP contribution in [0.5, 0.6) is 5.75 Å². The van der Waals surface area contributed by atoms with Crippen LogP contribution in [0.25, 0.3) is 0 Å². The Kier molecular flexibility index (Phi) is 6.78. The molecule has 2 aliphatic rings. The Morgan fingerprint density at radius 3 is 2.86 bits per heavy atom. The number of fused-ring (bicyclic) bond motifs is 1. The minimum Gasteiger partial charge on any atom is -0.493 e. The van der Waals surface area contributed by atoms with Gasteiger partial charge in [-0.1, -0.05) is 43.5 Å². The second kappa shape index (κ2) is 8.59. The number of allylic oxidation sites excluding steroid dienone is 1. The summed E-state index contributed by atoms with van der Waals surface area (Å²) in [5.74, 6) is 1.92. The largest absolute Gasteiger partial charge is 0.493 e. The average Bonchev–Trinajstić information content (AvgIpc) is 2.96. The maximum atomic E-state index is 5.57. The minimum absolute atomic E-state index is 0. The van der Waals surface area contributed by atoms with Crippen LogP contribution in [0.3, 0.4) is 0 Å². The van der Waals surface area contributed by atoms with Gasteiger partial charge in [0.15, 0.2) is 0 Å². The first-order valence-electron chi connectivity index (χ1n) is 8.41. The van der Waals surface area contributed by atoms with Crippen LogP contribution in [0, 0.1) is 5.92 Å². The summed E-state index contributed by atoms with van der Waals surface area (Å²) in [4.78, 5) is 2.39. The van der Waals surface area contributed by atoms with Crippen molar-refractivity contribution in [2.75, 3.05) is 20.2 Å². The summed E-state index contributed by atoms with van der Waals surface area (Å²) in [6.45, 7) is 2.91. The number of hydrogen-bond acceptors (Lipinski definition) is 2. The molecule has 1 aromatic rings. The van der Waals surface area contributed by atoms with E-state index in [9.17, 15) is 0 Å². The lowest BCUT2D eigenvalue weighted by molar-refractivity contribution is 0.355. The first kappa shape index (κ1) is 17.4. The summed E-state index contributed by atoms with van der Waals surface area (Å²) < 4.78 is 5.57. The van der Waals surface area contributed by atoms with Crippen molar-refractivity contribution in [3.05, 3.63) is 41.5 Å². The van der Waals surface area contributed by atoms with Crippen LogP contribution in [0.2, 0.25) is 0 Å². The highest BCUT2D eigenvalue weighted by molar-refractivity contribution is 5.85. The summed E-state index contributed by atoms with van der Waals surface area (Å²) in [6, 6.07) is 6.64. The molecule has 1 aliphatic carbocycles. The quantitative estimate of drug-likeness (QED) is 0.734. The van der Waals surface area contributed by atoms with Crippen molar-refractivity contribution in [3.63, 3.8) is 0 Å². The number of halogens is 1. The predicted molar refractivity (Wildman–Crippen MR) is 94.9 cm³/mol. The van der Waals surface area contributed by atoms with E-state index in [2.05, 4.69) is 42.3 Å². The number of ether oxygens (including phenoxy) is 1. The topological polar surface area (TPSA) is 12.5 Å². The Balaban J connectivity index is 0.00000176. The summed E-state index contributed by atoms with van der Waals surface area (Å²) >= 11 is 0. The molecule has 0 atom stereocenters. The summed E-state index contributed by atoms with van der Waals surface area (Å²) in [6.07, 6.45) is 12.9. The molecule has 0 radical (unpaired) electrons. The highest BCUT2D eigenvalue weighted by Crippen LogP contribution is 2.26. The third-order valence-corrected chi connectivity index (χ3v) is 4.68. The molecule has 122 valence electrons. The molecule has 0 spiro atoms. The average molecular weight is 322 g/mol. The first-order valence-corrected chi connectivity index (χ1v) is 8.41. The SMILES string of the molecule is CN(C/C=C/C1CCCCC1)Cc1ccc2c(c1)CCO2.Cl. The first-order chi connectivity index (χ1) is 10.3.